The summed E-state index contributed by atoms with van der Waals surface area (Å²) >= 11 is 13.5. The van der Waals surface area contributed by atoms with Crippen molar-refractivity contribution in [1.29, 1.82) is 0 Å². The van der Waals surface area contributed by atoms with Gasteiger partial charge in [-0.25, -0.2) is 4.39 Å². The fraction of sp³-hybridized carbons (Fsp3) is 0.0370. The molecule has 0 saturated carbocycles. The minimum absolute atomic E-state index is 0.250. The van der Waals surface area contributed by atoms with Gasteiger partial charge in [-0.15, -0.1) is 11.8 Å². The fourth-order valence-corrected chi connectivity index (χ4v) is 4.93. The van der Waals surface area contributed by atoms with Crippen LogP contribution in [0.1, 0.15) is 21.2 Å². The van der Waals surface area contributed by atoms with Gasteiger partial charge in [-0.3, -0.25) is 9.59 Å². The molecule has 0 fully saturated rings. The van der Waals surface area contributed by atoms with Gasteiger partial charge >= 0.3 is 0 Å². The number of anilines is 2. The van der Waals surface area contributed by atoms with Gasteiger partial charge in [0.2, 0.25) is 5.91 Å². The zero-order valence-electron chi connectivity index (χ0n) is 18.2. The average Bonchev–Trinajstić information content (AvgIpc) is 2.83. The zero-order chi connectivity index (χ0) is 24.8. The summed E-state index contributed by atoms with van der Waals surface area (Å²) in [6.07, 6.45) is 0. The first-order valence-electron chi connectivity index (χ1n) is 10.5. The predicted octanol–water partition coefficient (Wildman–Crippen LogP) is 7.86. The second-order valence-electron chi connectivity index (χ2n) is 7.54. The number of thioether (sulfide) groups is 1. The number of carbonyl (C=O) groups is 2. The molecule has 4 aromatic carbocycles. The van der Waals surface area contributed by atoms with Crippen molar-refractivity contribution >= 4 is 58.2 Å². The summed E-state index contributed by atoms with van der Waals surface area (Å²) in [4.78, 5) is 26.6. The van der Waals surface area contributed by atoms with Crippen LogP contribution in [0.4, 0.5) is 15.8 Å². The molecule has 0 radical (unpaired) electrons. The summed E-state index contributed by atoms with van der Waals surface area (Å²) in [5, 5.41) is 5.94. The molecule has 0 aliphatic rings. The largest absolute Gasteiger partial charge is 0.325 e. The van der Waals surface area contributed by atoms with E-state index in [2.05, 4.69) is 10.6 Å². The molecule has 0 aliphatic carbocycles. The maximum atomic E-state index is 13.3. The van der Waals surface area contributed by atoms with Gasteiger partial charge in [0.15, 0.2) is 0 Å². The lowest BCUT2D eigenvalue weighted by Crippen LogP contribution is -2.19. The van der Waals surface area contributed by atoms with E-state index in [-0.39, 0.29) is 11.8 Å². The standard InChI is InChI=1S/C27H19Cl2FN2O2S/c28-19-13-20(29)15-23(14-19)32-27(34)25(17-5-2-1-3-6-17)35-24-8-4-7-22(16-24)31-26(33)18-9-11-21(30)12-10-18/h1-16,25H,(H,31,33)(H,32,34). The quantitative estimate of drug-likeness (QED) is 0.242. The Morgan fingerprint density at radius 2 is 1.43 bits per heavy atom. The van der Waals surface area contributed by atoms with E-state index in [9.17, 15) is 14.0 Å². The third kappa shape index (κ3) is 6.85. The van der Waals surface area contributed by atoms with Crippen molar-refractivity contribution in [2.75, 3.05) is 10.6 Å². The summed E-state index contributed by atoms with van der Waals surface area (Å²) in [5.41, 5.74) is 2.20. The monoisotopic (exact) mass is 524 g/mol. The third-order valence-electron chi connectivity index (χ3n) is 4.92. The lowest BCUT2D eigenvalue weighted by molar-refractivity contribution is -0.115. The molecule has 0 aromatic heterocycles. The van der Waals surface area contributed by atoms with Crippen LogP contribution in [0.5, 0.6) is 0 Å². The SMILES string of the molecule is O=C(Nc1cccc(SC(C(=O)Nc2cc(Cl)cc(Cl)c2)c2ccccc2)c1)c1ccc(F)cc1. The summed E-state index contributed by atoms with van der Waals surface area (Å²) < 4.78 is 13.2. The third-order valence-corrected chi connectivity index (χ3v) is 6.61. The highest BCUT2D eigenvalue weighted by Gasteiger charge is 2.23. The smallest absolute Gasteiger partial charge is 0.255 e. The molecule has 4 rings (SSSR count). The van der Waals surface area contributed by atoms with E-state index >= 15 is 0 Å². The Morgan fingerprint density at radius 3 is 2.11 bits per heavy atom. The van der Waals surface area contributed by atoms with Crippen LogP contribution < -0.4 is 10.6 Å². The highest BCUT2D eigenvalue weighted by molar-refractivity contribution is 8.00. The Kier molecular flexibility index (Phi) is 8.08. The van der Waals surface area contributed by atoms with E-state index in [0.717, 1.165) is 10.5 Å². The topological polar surface area (TPSA) is 58.2 Å². The number of hydrogen-bond acceptors (Lipinski definition) is 3. The normalized spacial score (nSPS) is 11.5. The molecule has 2 amide bonds. The number of amides is 2. The van der Waals surface area contributed by atoms with E-state index in [1.807, 2.05) is 36.4 Å². The molecule has 0 spiro atoms. The van der Waals surface area contributed by atoms with Crippen LogP contribution in [0.2, 0.25) is 10.0 Å². The van der Waals surface area contributed by atoms with Crippen molar-refractivity contribution in [3.05, 3.63) is 124 Å². The van der Waals surface area contributed by atoms with Crippen molar-refractivity contribution in [2.24, 2.45) is 0 Å². The maximum Gasteiger partial charge on any atom is 0.255 e. The molecule has 0 heterocycles. The number of carbonyl (C=O) groups excluding carboxylic acids is 2. The van der Waals surface area contributed by atoms with Gasteiger partial charge in [0.25, 0.3) is 5.91 Å². The first kappa shape index (κ1) is 24.8. The van der Waals surface area contributed by atoms with Crippen LogP contribution in [0, 0.1) is 5.82 Å². The Hall–Kier alpha value is -3.32. The average molecular weight is 525 g/mol. The van der Waals surface area contributed by atoms with Crippen LogP contribution in [0.25, 0.3) is 0 Å². The molecule has 0 aliphatic heterocycles. The molecule has 176 valence electrons. The molecule has 2 N–H and O–H groups in total. The molecule has 0 bridgehead atoms. The van der Waals surface area contributed by atoms with Crippen molar-refractivity contribution in [3.63, 3.8) is 0 Å². The van der Waals surface area contributed by atoms with Crippen LogP contribution in [0.15, 0.2) is 102 Å². The molecular weight excluding hydrogens is 506 g/mol. The Balaban J connectivity index is 1.54. The minimum Gasteiger partial charge on any atom is -0.325 e. The highest BCUT2D eigenvalue weighted by atomic mass is 35.5. The van der Waals surface area contributed by atoms with Gasteiger partial charge in [-0.05, 0) is 66.2 Å². The Bertz CT molecular complexity index is 1330. The van der Waals surface area contributed by atoms with Crippen molar-refractivity contribution in [3.8, 4) is 0 Å². The van der Waals surface area contributed by atoms with Gasteiger partial charge in [0.1, 0.15) is 11.1 Å². The number of hydrogen-bond donors (Lipinski definition) is 2. The zero-order valence-corrected chi connectivity index (χ0v) is 20.5. The predicted molar refractivity (Wildman–Crippen MR) is 141 cm³/mol. The van der Waals surface area contributed by atoms with Crippen LogP contribution in [0.3, 0.4) is 0 Å². The van der Waals surface area contributed by atoms with Crippen LogP contribution in [-0.4, -0.2) is 11.8 Å². The molecule has 8 heteroatoms. The second-order valence-corrected chi connectivity index (χ2v) is 9.60. The summed E-state index contributed by atoms with van der Waals surface area (Å²) in [7, 11) is 0. The van der Waals surface area contributed by atoms with Gasteiger partial charge in [-0.1, -0.05) is 59.6 Å². The molecule has 0 saturated heterocycles. The van der Waals surface area contributed by atoms with Crippen molar-refractivity contribution in [2.45, 2.75) is 10.1 Å². The van der Waals surface area contributed by atoms with Gasteiger partial charge < -0.3 is 10.6 Å². The van der Waals surface area contributed by atoms with Gasteiger partial charge in [-0.2, -0.15) is 0 Å². The first-order valence-corrected chi connectivity index (χ1v) is 12.2. The molecule has 35 heavy (non-hydrogen) atoms. The molecule has 4 aromatic rings. The Morgan fingerprint density at radius 1 is 0.743 bits per heavy atom. The van der Waals surface area contributed by atoms with Crippen LogP contribution >= 0.6 is 35.0 Å². The summed E-state index contributed by atoms with van der Waals surface area (Å²) in [5.74, 6) is -1.02. The van der Waals surface area contributed by atoms with Gasteiger partial charge in [0, 0.05) is 31.9 Å². The molecular formula is C27H19Cl2FN2O2S. The summed E-state index contributed by atoms with van der Waals surface area (Å²) in [6.45, 7) is 0. The van der Waals surface area contributed by atoms with E-state index < -0.39 is 11.1 Å². The lowest BCUT2D eigenvalue weighted by Gasteiger charge is -2.18. The van der Waals surface area contributed by atoms with Crippen molar-refractivity contribution in [1.82, 2.24) is 0 Å². The highest BCUT2D eigenvalue weighted by Crippen LogP contribution is 2.37. The molecule has 1 unspecified atom stereocenters. The van der Waals surface area contributed by atoms with Crippen LogP contribution in [-0.2, 0) is 4.79 Å². The lowest BCUT2D eigenvalue weighted by atomic mass is 10.1. The van der Waals surface area contributed by atoms with E-state index in [1.165, 1.54) is 36.0 Å². The minimum atomic E-state index is -0.586. The van der Waals surface area contributed by atoms with Gasteiger partial charge in [0.05, 0.1) is 0 Å². The number of nitrogens with one attached hydrogen (secondary N) is 2. The number of rotatable bonds is 7. The summed E-state index contributed by atoms with van der Waals surface area (Å²) in [6, 6.07) is 26.7. The molecule has 4 nitrogen and oxygen atoms in total. The van der Waals surface area contributed by atoms with E-state index in [1.54, 1.807) is 36.4 Å². The van der Waals surface area contributed by atoms with E-state index in [0.29, 0.717) is 27.0 Å². The molecule has 1 atom stereocenters. The van der Waals surface area contributed by atoms with Crippen molar-refractivity contribution < 1.29 is 14.0 Å². The maximum absolute atomic E-state index is 13.3. The number of benzene rings is 4. The first-order chi connectivity index (χ1) is 16.9. The number of halogens is 3. The second kappa shape index (κ2) is 11.4. The van der Waals surface area contributed by atoms with E-state index in [4.69, 9.17) is 23.2 Å². The fourth-order valence-electron chi connectivity index (χ4n) is 3.32. The Labute approximate surface area is 216 Å².